The molecule has 29 heavy (non-hydrogen) atoms. The molecule has 0 spiro atoms. The van der Waals surface area contributed by atoms with Crippen LogP contribution in [0, 0.1) is 0 Å². The summed E-state index contributed by atoms with van der Waals surface area (Å²) < 4.78 is 2.03. The number of carbonyl (C=O) groups excluding carboxylic acids is 1. The predicted octanol–water partition coefficient (Wildman–Crippen LogP) is 3.56. The second kappa shape index (κ2) is 8.99. The maximum absolute atomic E-state index is 12.8. The number of benzene rings is 1. The van der Waals surface area contributed by atoms with Gasteiger partial charge >= 0.3 is 0 Å². The Bertz CT molecular complexity index is 953. The van der Waals surface area contributed by atoms with E-state index >= 15 is 0 Å². The summed E-state index contributed by atoms with van der Waals surface area (Å²) in [6.07, 6.45) is 11.4. The summed E-state index contributed by atoms with van der Waals surface area (Å²) in [5, 5.41) is 0. The van der Waals surface area contributed by atoms with Crippen molar-refractivity contribution >= 4 is 5.91 Å². The summed E-state index contributed by atoms with van der Waals surface area (Å²) in [4.78, 5) is 28.5. The molecule has 1 atom stereocenters. The standard InChI is InChI=1S/C23H27N5O/c1-2-20-24-14-16-28(20)23-22(25-12-13-26-23)19-9-6-15-27(17-19)21(29)11-10-18-7-4-3-5-8-18/h3-5,7-8,12-14,16,19H,2,6,9-11,15,17H2,1H3. The molecule has 150 valence electrons. The zero-order chi connectivity index (χ0) is 20.1. The van der Waals surface area contributed by atoms with Crippen LogP contribution in [0.1, 0.15) is 49.2 Å². The van der Waals surface area contributed by atoms with Crippen molar-refractivity contribution in [3.8, 4) is 5.82 Å². The molecule has 0 bridgehead atoms. The quantitative estimate of drug-likeness (QED) is 0.647. The fraction of sp³-hybridized carbons (Fsp3) is 0.391. The highest BCUT2D eigenvalue weighted by molar-refractivity contribution is 5.76. The van der Waals surface area contributed by atoms with Crippen molar-refractivity contribution in [2.24, 2.45) is 0 Å². The van der Waals surface area contributed by atoms with E-state index in [4.69, 9.17) is 0 Å². The van der Waals surface area contributed by atoms with Gasteiger partial charge in [0.05, 0.1) is 5.69 Å². The highest BCUT2D eigenvalue weighted by Gasteiger charge is 2.28. The number of hydrogen-bond acceptors (Lipinski definition) is 4. The lowest BCUT2D eigenvalue weighted by Gasteiger charge is -2.33. The molecule has 2 aromatic heterocycles. The highest BCUT2D eigenvalue weighted by Crippen LogP contribution is 2.29. The van der Waals surface area contributed by atoms with E-state index < -0.39 is 0 Å². The maximum atomic E-state index is 12.8. The Morgan fingerprint density at radius 2 is 1.93 bits per heavy atom. The number of aromatic nitrogens is 4. The van der Waals surface area contributed by atoms with E-state index in [1.54, 1.807) is 18.6 Å². The lowest BCUT2D eigenvalue weighted by atomic mass is 9.93. The second-order valence-electron chi connectivity index (χ2n) is 7.50. The molecule has 4 rings (SSSR count). The lowest BCUT2D eigenvalue weighted by Crippen LogP contribution is -2.39. The Balaban J connectivity index is 1.48. The van der Waals surface area contributed by atoms with Crippen molar-refractivity contribution < 1.29 is 4.79 Å². The molecule has 0 N–H and O–H groups in total. The fourth-order valence-electron chi connectivity index (χ4n) is 4.08. The van der Waals surface area contributed by atoms with Gasteiger partial charge in [-0.15, -0.1) is 0 Å². The van der Waals surface area contributed by atoms with Crippen molar-refractivity contribution in [2.45, 2.75) is 44.9 Å². The molecular formula is C23H27N5O. The van der Waals surface area contributed by atoms with E-state index in [0.29, 0.717) is 13.0 Å². The van der Waals surface area contributed by atoms with E-state index in [-0.39, 0.29) is 11.8 Å². The molecule has 1 fully saturated rings. The zero-order valence-corrected chi connectivity index (χ0v) is 16.9. The van der Waals surface area contributed by atoms with Gasteiger partial charge in [-0.1, -0.05) is 37.3 Å². The van der Waals surface area contributed by atoms with Crippen molar-refractivity contribution in [3.63, 3.8) is 0 Å². The van der Waals surface area contributed by atoms with E-state index in [1.807, 2.05) is 33.9 Å². The SMILES string of the molecule is CCc1nccn1-c1nccnc1C1CCCN(C(=O)CCc2ccccc2)C1. The van der Waals surface area contributed by atoms with Gasteiger partial charge in [-0.3, -0.25) is 14.3 Å². The highest BCUT2D eigenvalue weighted by atomic mass is 16.2. The largest absolute Gasteiger partial charge is 0.342 e. The molecular weight excluding hydrogens is 362 g/mol. The third-order valence-electron chi connectivity index (χ3n) is 5.60. The molecule has 1 aliphatic heterocycles. The maximum Gasteiger partial charge on any atom is 0.222 e. The van der Waals surface area contributed by atoms with Gasteiger partial charge in [0.1, 0.15) is 5.82 Å². The van der Waals surface area contributed by atoms with Crippen molar-refractivity contribution in [2.75, 3.05) is 13.1 Å². The van der Waals surface area contributed by atoms with E-state index in [0.717, 1.165) is 49.6 Å². The topological polar surface area (TPSA) is 63.9 Å². The number of imidazole rings is 1. The van der Waals surface area contributed by atoms with Gasteiger partial charge in [0.25, 0.3) is 0 Å². The zero-order valence-electron chi connectivity index (χ0n) is 16.9. The van der Waals surface area contributed by atoms with Crippen LogP contribution < -0.4 is 0 Å². The monoisotopic (exact) mass is 389 g/mol. The van der Waals surface area contributed by atoms with Gasteiger partial charge in [0.2, 0.25) is 5.91 Å². The average molecular weight is 390 g/mol. The Hall–Kier alpha value is -3.02. The van der Waals surface area contributed by atoms with Crippen LogP contribution in [0.5, 0.6) is 0 Å². The number of piperidine rings is 1. The first-order valence-electron chi connectivity index (χ1n) is 10.4. The third-order valence-corrected chi connectivity index (χ3v) is 5.60. The molecule has 1 amide bonds. The van der Waals surface area contributed by atoms with Gasteiger partial charge in [-0.05, 0) is 24.8 Å². The first kappa shape index (κ1) is 19.3. The molecule has 3 heterocycles. The number of amides is 1. The van der Waals surface area contributed by atoms with Crippen LogP contribution in [-0.2, 0) is 17.6 Å². The molecule has 3 aromatic rings. The van der Waals surface area contributed by atoms with Crippen LogP contribution in [0.25, 0.3) is 5.82 Å². The number of nitrogens with zero attached hydrogens (tertiary/aromatic N) is 5. The van der Waals surface area contributed by atoms with Crippen molar-refractivity contribution in [1.82, 2.24) is 24.4 Å². The molecule has 1 saturated heterocycles. The van der Waals surface area contributed by atoms with Crippen LogP contribution in [0.3, 0.4) is 0 Å². The molecule has 6 heteroatoms. The molecule has 0 radical (unpaired) electrons. The van der Waals surface area contributed by atoms with Crippen LogP contribution in [0.15, 0.2) is 55.1 Å². The van der Waals surface area contributed by atoms with Crippen LogP contribution in [-0.4, -0.2) is 43.4 Å². The minimum Gasteiger partial charge on any atom is -0.342 e. The second-order valence-corrected chi connectivity index (χ2v) is 7.50. The molecule has 1 aromatic carbocycles. The summed E-state index contributed by atoms with van der Waals surface area (Å²) in [5.74, 6) is 2.23. The van der Waals surface area contributed by atoms with E-state index in [9.17, 15) is 4.79 Å². The van der Waals surface area contributed by atoms with Crippen LogP contribution in [0.2, 0.25) is 0 Å². The van der Waals surface area contributed by atoms with Crippen LogP contribution in [0.4, 0.5) is 0 Å². The summed E-state index contributed by atoms with van der Waals surface area (Å²) >= 11 is 0. The summed E-state index contributed by atoms with van der Waals surface area (Å²) in [5.41, 5.74) is 2.17. The van der Waals surface area contributed by atoms with Gasteiger partial charge in [0.15, 0.2) is 5.82 Å². The smallest absolute Gasteiger partial charge is 0.222 e. The minimum absolute atomic E-state index is 0.195. The average Bonchev–Trinajstić information content (AvgIpc) is 3.27. The number of rotatable bonds is 6. The molecule has 0 aliphatic carbocycles. The fourth-order valence-corrected chi connectivity index (χ4v) is 4.08. The normalized spacial score (nSPS) is 16.7. The minimum atomic E-state index is 0.195. The lowest BCUT2D eigenvalue weighted by molar-refractivity contribution is -0.132. The van der Waals surface area contributed by atoms with Gasteiger partial charge in [-0.2, -0.15) is 0 Å². The molecule has 1 unspecified atom stereocenters. The summed E-state index contributed by atoms with van der Waals surface area (Å²) in [7, 11) is 0. The summed E-state index contributed by atoms with van der Waals surface area (Å²) in [6.45, 7) is 3.61. The van der Waals surface area contributed by atoms with E-state index in [2.05, 4.69) is 34.0 Å². The Labute approximate surface area is 171 Å². The first-order valence-corrected chi connectivity index (χ1v) is 10.4. The first-order chi connectivity index (χ1) is 14.3. The Kier molecular flexibility index (Phi) is 5.98. The third kappa shape index (κ3) is 4.36. The Morgan fingerprint density at radius 3 is 2.76 bits per heavy atom. The summed E-state index contributed by atoms with van der Waals surface area (Å²) in [6, 6.07) is 10.2. The molecule has 1 aliphatic rings. The van der Waals surface area contributed by atoms with Crippen LogP contribution >= 0.6 is 0 Å². The number of hydrogen-bond donors (Lipinski definition) is 0. The molecule has 0 saturated carbocycles. The van der Waals surface area contributed by atoms with E-state index in [1.165, 1.54) is 5.56 Å². The predicted molar refractivity (Wildman–Crippen MR) is 112 cm³/mol. The number of carbonyl (C=O) groups is 1. The Morgan fingerprint density at radius 1 is 1.10 bits per heavy atom. The van der Waals surface area contributed by atoms with Gasteiger partial charge < -0.3 is 4.90 Å². The number of likely N-dealkylation sites (tertiary alicyclic amines) is 1. The van der Waals surface area contributed by atoms with Gasteiger partial charge in [-0.25, -0.2) is 9.97 Å². The molecule has 6 nitrogen and oxygen atoms in total. The van der Waals surface area contributed by atoms with Gasteiger partial charge in [0, 0.05) is 56.6 Å². The number of aryl methyl sites for hydroxylation is 2. The van der Waals surface area contributed by atoms with Crippen molar-refractivity contribution in [1.29, 1.82) is 0 Å². The van der Waals surface area contributed by atoms with Crippen molar-refractivity contribution in [3.05, 3.63) is 72.2 Å².